The van der Waals surface area contributed by atoms with E-state index in [4.69, 9.17) is 10.2 Å². The number of hydrogen-bond donors (Lipinski definition) is 1. The van der Waals surface area contributed by atoms with E-state index in [-0.39, 0.29) is 28.3 Å². The summed E-state index contributed by atoms with van der Waals surface area (Å²) in [6, 6.07) is 9.50. The van der Waals surface area contributed by atoms with E-state index in [1.165, 1.54) is 24.8 Å². The van der Waals surface area contributed by atoms with Crippen molar-refractivity contribution in [2.24, 2.45) is 5.73 Å². The van der Waals surface area contributed by atoms with Crippen molar-refractivity contribution in [2.45, 2.75) is 12.4 Å². The zero-order chi connectivity index (χ0) is 25.4. The number of rotatable bonds is 5. The highest BCUT2D eigenvalue weighted by molar-refractivity contribution is 6.22. The van der Waals surface area contributed by atoms with Crippen LogP contribution in [0.2, 0.25) is 0 Å². The SMILES string of the molecule is NC(=O)C(=Cn1nc(-c2ccc(C(F)(F)F)cc2)nc1-c1ccc(C(F)(F)F)cc1)c1ccoc1. The molecule has 4 aromatic rings. The summed E-state index contributed by atoms with van der Waals surface area (Å²) in [5.41, 5.74) is 4.38. The average molecular weight is 492 g/mol. The maximum Gasteiger partial charge on any atom is 0.416 e. The van der Waals surface area contributed by atoms with Crippen LogP contribution >= 0.6 is 0 Å². The van der Waals surface area contributed by atoms with Gasteiger partial charge < -0.3 is 10.2 Å². The van der Waals surface area contributed by atoms with Crippen molar-refractivity contribution in [2.75, 3.05) is 0 Å². The van der Waals surface area contributed by atoms with E-state index in [2.05, 4.69) is 10.1 Å². The summed E-state index contributed by atoms with van der Waals surface area (Å²) in [6.45, 7) is 0. The number of aromatic nitrogens is 3. The average Bonchev–Trinajstić information content (AvgIpc) is 3.46. The maximum absolute atomic E-state index is 13.0. The highest BCUT2D eigenvalue weighted by Gasteiger charge is 2.31. The summed E-state index contributed by atoms with van der Waals surface area (Å²) in [4.78, 5) is 16.3. The third kappa shape index (κ3) is 5.10. The Bertz CT molecular complexity index is 1370. The molecular weight excluding hydrogens is 478 g/mol. The van der Waals surface area contributed by atoms with Gasteiger partial charge >= 0.3 is 12.4 Å². The van der Waals surface area contributed by atoms with Gasteiger partial charge in [0.1, 0.15) is 0 Å². The Morgan fingerprint density at radius 2 is 1.40 bits per heavy atom. The number of benzene rings is 2. The quantitative estimate of drug-likeness (QED) is 0.285. The standard InChI is InChI=1S/C23H14F6N4O2/c24-22(25,26)16-5-1-13(2-6-16)20-31-21(14-3-7-17(8-4-14)23(27,28)29)33(32-20)11-18(19(30)34)15-9-10-35-12-15/h1-12H,(H2,30,34). The molecule has 6 nitrogen and oxygen atoms in total. The normalized spacial score (nSPS) is 12.7. The molecule has 0 atom stereocenters. The van der Waals surface area contributed by atoms with Crippen LogP contribution < -0.4 is 5.73 Å². The summed E-state index contributed by atoms with van der Waals surface area (Å²) in [7, 11) is 0. The summed E-state index contributed by atoms with van der Waals surface area (Å²) in [5, 5.41) is 4.24. The van der Waals surface area contributed by atoms with Gasteiger partial charge in [0.15, 0.2) is 11.6 Å². The molecule has 2 heterocycles. The lowest BCUT2D eigenvalue weighted by molar-refractivity contribution is -0.138. The minimum absolute atomic E-state index is 0.0240. The molecule has 0 aliphatic rings. The van der Waals surface area contributed by atoms with Crippen molar-refractivity contribution in [1.82, 2.24) is 14.8 Å². The Labute approximate surface area is 193 Å². The molecule has 1 amide bonds. The maximum atomic E-state index is 13.0. The highest BCUT2D eigenvalue weighted by Crippen LogP contribution is 2.33. The summed E-state index contributed by atoms with van der Waals surface area (Å²) in [6.07, 6.45) is -5.33. The van der Waals surface area contributed by atoms with Crippen LogP contribution in [0.5, 0.6) is 0 Å². The van der Waals surface area contributed by atoms with Crippen LogP contribution in [-0.2, 0) is 17.1 Å². The minimum Gasteiger partial charge on any atom is -0.472 e. The molecule has 0 spiro atoms. The fourth-order valence-electron chi connectivity index (χ4n) is 3.17. The molecule has 4 rings (SSSR count). The molecule has 2 aromatic heterocycles. The first-order valence-electron chi connectivity index (χ1n) is 9.79. The van der Waals surface area contributed by atoms with Crippen LogP contribution in [0.25, 0.3) is 34.5 Å². The van der Waals surface area contributed by atoms with Crippen LogP contribution in [0.1, 0.15) is 16.7 Å². The zero-order valence-corrected chi connectivity index (χ0v) is 17.4. The molecule has 0 fully saturated rings. The molecule has 0 saturated carbocycles. The van der Waals surface area contributed by atoms with Gasteiger partial charge in [0.25, 0.3) is 5.91 Å². The molecule has 0 aliphatic heterocycles. The second-order valence-electron chi connectivity index (χ2n) is 7.27. The lowest BCUT2D eigenvalue weighted by Gasteiger charge is -2.08. The fraction of sp³-hybridized carbons (Fsp3) is 0.0870. The molecule has 2 N–H and O–H groups in total. The lowest BCUT2D eigenvalue weighted by Crippen LogP contribution is -2.13. The number of primary amides is 1. The van der Waals surface area contributed by atoms with E-state index >= 15 is 0 Å². The van der Waals surface area contributed by atoms with E-state index in [0.29, 0.717) is 5.56 Å². The number of alkyl halides is 6. The van der Waals surface area contributed by atoms with Gasteiger partial charge in [0.2, 0.25) is 0 Å². The van der Waals surface area contributed by atoms with E-state index in [0.717, 1.165) is 53.2 Å². The zero-order valence-electron chi connectivity index (χ0n) is 17.4. The number of amides is 1. The van der Waals surface area contributed by atoms with Crippen LogP contribution in [0.4, 0.5) is 26.3 Å². The van der Waals surface area contributed by atoms with E-state index in [1.54, 1.807) is 0 Å². The van der Waals surface area contributed by atoms with E-state index in [1.807, 2.05) is 0 Å². The summed E-state index contributed by atoms with van der Waals surface area (Å²) in [5.74, 6) is -0.854. The third-order valence-corrected chi connectivity index (χ3v) is 4.92. The molecule has 0 unspecified atom stereocenters. The van der Waals surface area contributed by atoms with Crippen LogP contribution in [0.15, 0.2) is 71.5 Å². The number of nitrogens with two attached hydrogens (primary N) is 1. The molecule has 2 aromatic carbocycles. The first-order chi connectivity index (χ1) is 16.4. The monoisotopic (exact) mass is 492 g/mol. The van der Waals surface area contributed by atoms with E-state index < -0.39 is 29.4 Å². The van der Waals surface area contributed by atoms with Gasteiger partial charge in [-0.05, 0) is 30.3 Å². The summed E-state index contributed by atoms with van der Waals surface area (Å²) < 4.78 is 83.7. The van der Waals surface area contributed by atoms with Gasteiger partial charge in [-0.1, -0.05) is 24.3 Å². The Balaban J connectivity index is 1.85. The number of furan rings is 1. The molecule has 0 radical (unpaired) electrons. The molecule has 180 valence electrons. The lowest BCUT2D eigenvalue weighted by atomic mass is 10.1. The second-order valence-corrected chi connectivity index (χ2v) is 7.27. The number of carbonyl (C=O) groups is 1. The van der Waals surface area contributed by atoms with Crippen LogP contribution in [-0.4, -0.2) is 20.7 Å². The molecule has 0 saturated heterocycles. The Hall–Kier alpha value is -4.35. The van der Waals surface area contributed by atoms with Crippen LogP contribution in [0, 0.1) is 0 Å². The van der Waals surface area contributed by atoms with Gasteiger partial charge in [-0.15, -0.1) is 5.10 Å². The predicted molar refractivity (Wildman–Crippen MR) is 113 cm³/mol. The smallest absolute Gasteiger partial charge is 0.416 e. The van der Waals surface area contributed by atoms with Gasteiger partial charge in [-0.3, -0.25) is 4.79 Å². The van der Waals surface area contributed by atoms with Gasteiger partial charge in [0.05, 0.1) is 29.2 Å². The van der Waals surface area contributed by atoms with Gasteiger partial charge in [-0.2, -0.15) is 26.3 Å². The van der Waals surface area contributed by atoms with E-state index in [9.17, 15) is 31.1 Å². The van der Waals surface area contributed by atoms with Crippen molar-refractivity contribution < 1.29 is 35.6 Å². The molecule has 0 aliphatic carbocycles. The Kier molecular flexibility index (Phi) is 5.97. The molecular formula is C23H14F6N4O2. The van der Waals surface area contributed by atoms with Crippen molar-refractivity contribution in [3.05, 3.63) is 83.8 Å². The minimum atomic E-state index is -4.56. The topological polar surface area (TPSA) is 86.9 Å². The predicted octanol–water partition coefficient (Wildman–Crippen LogP) is 5.73. The van der Waals surface area contributed by atoms with Crippen molar-refractivity contribution >= 4 is 17.7 Å². The van der Waals surface area contributed by atoms with Crippen molar-refractivity contribution in [3.8, 4) is 22.8 Å². The van der Waals surface area contributed by atoms with Crippen LogP contribution in [0.3, 0.4) is 0 Å². The Morgan fingerprint density at radius 3 is 1.86 bits per heavy atom. The number of nitrogens with zero attached hydrogens (tertiary/aromatic N) is 3. The first-order valence-corrected chi connectivity index (χ1v) is 9.79. The third-order valence-electron chi connectivity index (χ3n) is 4.92. The molecule has 35 heavy (non-hydrogen) atoms. The fourth-order valence-corrected chi connectivity index (χ4v) is 3.17. The van der Waals surface area contributed by atoms with Crippen molar-refractivity contribution in [1.29, 1.82) is 0 Å². The molecule has 12 heteroatoms. The van der Waals surface area contributed by atoms with Gasteiger partial charge in [0, 0.05) is 22.9 Å². The largest absolute Gasteiger partial charge is 0.472 e. The second kappa shape index (κ2) is 8.78. The summed E-state index contributed by atoms with van der Waals surface area (Å²) >= 11 is 0. The molecule has 0 bridgehead atoms. The number of carbonyl (C=O) groups excluding carboxylic acids is 1. The van der Waals surface area contributed by atoms with Gasteiger partial charge in [-0.25, -0.2) is 9.67 Å². The Morgan fingerprint density at radius 1 is 0.857 bits per heavy atom. The first kappa shape index (κ1) is 23.8. The highest BCUT2D eigenvalue weighted by atomic mass is 19.4. The van der Waals surface area contributed by atoms with Crippen molar-refractivity contribution in [3.63, 3.8) is 0 Å². The number of hydrogen-bond acceptors (Lipinski definition) is 4. The number of halogens is 6.